The molecule has 1 aromatic heterocycles. The van der Waals surface area contributed by atoms with Crippen molar-refractivity contribution in [3.05, 3.63) is 47.8 Å². The minimum Gasteiger partial charge on any atom is -0.490 e. The molecule has 3 aliphatic rings. The monoisotopic (exact) mass is 410 g/mol. The molecule has 2 fully saturated rings. The summed E-state index contributed by atoms with van der Waals surface area (Å²) in [5, 5.41) is 0. The van der Waals surface area contributed by atoms with Gasteiger partial charge in [-0.25, -0.2) is 4.98 Å². The molecule has 3 aliphatic heterocycles. The summed E-state index contributed by atoms with van der Waals surface area (Å²) in [6, 6.07) is 10.1. The molecular weight excluding hydrogens is 382 g/mol. The van der Waals surface area contributed by atoms with Crippen LogP contribution in [0.15, 0.2) is 36.5 Å². The number of nitrogens with zero attached hydrogens (tertiary/aromatic N) is 2. The quantitative estimate of drug-likeness (QED) is 0.778. The molecule has 30 heavy (non-hydrogen) atoms. The van der Waals surface area contributed by atoms with Crippen LogP contribution in [0.1, 0.15) is 41.4 Å². The number of likely N-dealkylation sites (tertiary alicyclic amines) is 1. The Morgan fingerprint density at radius 1 is 0.933 bits per heavy atom. The third-order valence-corrected chi connectivity index (χ3v) is 6.06. The Hall–Kier alpha value is -2.80. The molecule has 2 aromatic rings. The SMILES string of the molecule is O=C(c1cc(N2CCOCC2)cc[nH+]1)N1CCC[C@@H]1c1ccc2c(c1)OCCCO2. The first-order valence-corrected chi connectivity index (χ1v) is 10.8. The maximum atomic E-state index is 13.4. The third kappa shape index (κ3) is 3.81. The number of amides is 1. The molecular formula is C23H28N3O4+. The van der Waals surface area contributed by atoms with E-state index in [1.165, 1.54) is 0 Å². The highest BCUT2D eigenvalue weighted by atomic mass is 16.5. The van der Waals surface area contributed by atoms with Gasteiger partial charge < -0.3 is 24.0 Å². The first-order valence-electron chi connectivity index (χ1n) is 10.8. The molecule has 0 aliphatic carbocycles. The molecule has 0 saturated carbocycles. The normalized spacial score (nSPS) is 21.4. The van der Waals surface area contributed by atoms with E-state index in [1.54, 1.807) is 0 Å². The van der Waals surface area contributed by atoms with Gasteiger partial charge in [0.05, 0.1) is 32.5 Å². The molecule has 1 atom stereocenters. The number of morpholine rings is 1. The zero-order valence-electron chi connectivity index (χ0n) is 17.1. The molecule has 1 amide bonds. The first kappa shape index (κ1) is 19.2. The van der Waals surface area contributed by atoms with Crippen LogP contribution in [-0.2, 0) is 4.74 Å². The molecule has 0 spiro atoms. The summed E-state index contributed by atoms with van der Waals surface area (Å²) in [4.78, 5) is 20.8. The Morgan fingerprint density at radius 3 is 2.63 bits per heavy atom. The minimum absolute atomic E-state index is 0.0414. The lowest BCUT2D eigenvalue weighted by Gasteiger charge is -2.28. The van der Waals surface area contributed by atoms with Crippen LogP contribution in [0.4, 0.5) is 5.69 Å². The van der Waals surface area contributed by atoms with Gasteiger partial charge in [0.1, 0.15) is 0 Å². The van der Waals surface area contributed by atoms with Gasteiger partial charge in [-0.1, -0.05) is 6.07 Å². The Labute approximate surface area is 176 Å². The molecule has 2 saturated heterocycles. The zero-order valence-corrected chi connectivity index (χ0v) is 17.1. The summed E-state index contributed by atoms with van der Waals surface area (Å²) in [5.74, 6) is 1.61. The Kier molecular flexibility index (Phi) is 5.45. The topological polar surface area (TPSA) is 65.4 Å². The van der Waals surface area contributed by atoms with Gasteiger partial charge in [-0.3, -0.25) is 4.79 Å². The molecule has 0 bridgehead atoms. The average Bonchev–Trinajstić information content (AvgIpc) is 3.18. The highest BCUT2D eigenvalue weighted by Gasteiger charge is 2.34. The summed E-state index contributed by atoms with van der Waals surface area (Å²) in [6.07, 6.45) is 4.69. The van der Waals surface area contributed by atoms with Crippen molar-refractivity contribution in [1.82, 2.24) is 4.90 Å². The number of hydrogen-bond donors (Lipinski definition) is 0. The fourth-order valence-corrected chi connectivity index (χ4v) is 4.49. The number of aromatic nitrogens is 1. The Bertz CT molecular complexity index is 913. The van der Waals surface area contributed by atoms with Crippen LogP contribution in [0.5, 0.6) is 11.5 Å². The molecule has 158 valence electrons. The van der Waals surface area contributed by atoms with Crippen molar-refractivity contribution in [1.29, 1.82) is 0 Å². The summed E-state index contributed by atoms with van der Waals surface area (Å²) in [5.41, 5.74) is 2.79. The number of pyridine rings is 1. The fraction of sp³-hybridized carbons (Fsp3) is 0.478. The van der Waals surface area contributed by atoms with Crippen LogP contribution in [0, 0.1) is 0 Å². The summed E-state index contributed by atoms with van der Waals surface area (Å²) in [7, 11) is 0. The number of ether oxygens (including phenoxy) is 3. The number of benzene rings is 1. The van der Waals surface area contributed by atoms with Crippen molar-refractivity contribution < 1.29 is 24.0 Å². The second kappa shape index (κ2) is 8.52. The smallest absolute Gasteiger partial charge is 0.319 e. The molecule has 7 heteroatoms. The highest BCUT2D eigenvalue weighted by molar-refractivity contribution is 5.92. The van der Waals surface area contributed by atoms with Crippen molar-refractivity contribution in [2.45, 2.75) is 25.3 Å². The van der Waals surface area contributed by atoms with E-state index < -0.39 is 0 Å². The zero-order chi connectivity index (χ0) is 20.3. The van der Waals surface area contributed by atoms with Crippen molar-refractivity contribution in [3.63, 3.8) is 0 Å². The second-order valence-corrected chi connectivity index (χ2v) is 7.97. The number of rotatable bonds is 3. The van der Waals surface area contributed by atoms with E-state index in [-0.39, 0.29) is 11.9 Å². The van der Waals surface area contributed by atoms with E-state index in [2.05, 4.69) is 16.0 Å². The summed E-state index contributed by atoms with van der Waals surface area (Å²) >= 11 is 0. The lowest BCUT2D eigenvalue weighted by atomic mass is 10.0. The van der Waals surface area contributed by atoms with Crippen molar-refractivity contribution in [3.8, 4) is 11.5 Å². The maximum Gasteiger partial charge on any atom is 0.319 e. The van der Waals surface area contributed by atoms with Crippen molar-refractivity contribution >= 4 is 11.6 Å². The van der Waals surface area contributed by atoms with E-state index in [0.717, 1.165) is 74.9 Å². The largest absolute Gasteiger partial charge is 0.490 e. The van der Waals surface area contributed by atoms with E-state index in [9.17, 15) is 4.79 Å². The van der Waals surface area contributed by atoms with Gasteiger partial charge in [-0.05, 0) is 30.5 Å². The van der Waals surface area contributed by atoms with Crippen LogP contribution >= 0.6 is 0 Å². The standard InChI is InChI=1S/C23H27N3O4/c27-23(19-16-18(6-7-24-19)25-9-13-28-14-10-25)26-8-1-3-20(26)17-4-5-21-22(15-17)30-12-2-11-29-21/h4-7,15-16,20H,1-3,8-14H2/p+1/t20-/m1/s1. The second-order valence-electron chi connectivity index (χ2n) is 7.97. The third-order valence-electron chi connectivity index (χ3n) is 6.06. The number of nitrogens with one attached hydrogen (secondary N) is 1. The number of aromatic amines is 1. The van der Waals surface area contributed by atoms with E-state index in [0.29, 0.717) is 18.9 Å². The summed E-state index contributed by atoms with van der Waals surface area (Å²) in [6.45, 7) is 5.24. The van der Waals surface area contributed by atoms with Crippen LogP contribution in [0.3, 0.4) is 0 Å². The molecule has 0 radical (unpaired) electrons. The number of anilines is 1. The van der Waals surface area contributed by atoms with Crippen molar-refractivity contribution in [2.75, 3.05) is 51.0 Å². The van der Waals surface area contributed by atoms with Gasteiger partial charge in [-0.2, -0.15) is 0 Å². The number of carbonyl (C=O) groups excluding carboxylic acids is 1. The molecule has 5 rings (SSSR count). The van der Waals surface area contributed by atoms with Crippen molar-refractivity contribution in [2.24, 2.45) is 0 Å². The predicted molar refractivity (Wildman–Crippen MR) is 111 cm³/mol. The van der Waals surface area contributed by atoms with Gasteiger partial charge in [-0.15, -0.1) is 0 Å². The minimum atomic E-state index is 0.0414. The molecule has 1 N–H and O–H groups in total. The van der Waals surface area contributed by atoms with Gasteiger partial charge in [0.15, 0.2) is 17.7 Å². The lowest BCUT2D eigenvalue weighted by molar-refractivity contribution is -0.382. The van der Waals surface area contributed by atoms with Crippen LogP contribution in [-0.4, -0.2) is 56.9 Å². The fourth-order valence-electron chi connectivity index (χ4n) is 4.49. The maximum absolute atomic E-state index is 13.4. The number of H-pyrrole nitrogens is 1. The number of fused-ring (bicyclic) bond motifs is 1. The highest BCUT2D eigenvalue weighted by Crippen LogP contribution is 2.38. The molecule has 4 heterocycles. The van der Waals surface area contributed by atoms with E-state index in [1.807, 2.05) is 35.4 Å². The Balaban J connectivity index is 1.37. The van der Waals surface area contributed by atoms with E-state index >= 15 is 0 Å². The first-order chi connectivity index (χ1) is 14.8. The van der Waals surface area contributed by atoms with Crippen LogP contribution < -0.4 is 19.4 Å². The van der Waals surface area contributed by atoms with Crippen LogP contribution in [0.2, 0.25) is 0 Å². The number of carbonyl (C=O) groups is 1. The van der Waals surface area contributed by atoms with E-state index in [4.69, 9.17) is 14.2 Å². The average molecular weight is 410 g/mol. The van der Waals surface area contributed by atoms with Gasteiger partial charge in [0.2, 0.25) is 0 Å². The number of hydrogen-bond acceptors (Lipinski definition) is 5. The molecule has 7 nitrogen and oxygen atoms in total. The lowest BCUT2D eigenvalue weighted by Crippen LogP contribution is -2.38. The predicted octanol–water partition coefficient (Wildman–Crippen LogP) is 2.48. The summed E-state index contributed by atoms with van der Waals surface area (Å²) < 4.78 is 17.1. The van der Waals surface area contributed by atoms with Gasteiger partial charge in [0.25, 0.3) is 5.69 Å². The molecule has 1 aromatic carbocycles. The molecule has 0 unspecified atom stereocenters. The van der Waals surface area contributed by atoms with Crippen LogP contribution in [0.25, 0.3) is 0 Å². The van der Waals surface area contributed by atoms with Gasteiger partial charge >= 0.3 is 5.91 Å². The van der Waals surface area contributed by atoms with Gasteiger partial charge in [0, 0.05) is 43.9 Å². The Morgan fingerprint density at radius 2 is 1.77 bits per heavy atom.